The Bertz CT molecular complexity index is 421. The zero-order valence-electron chi connectivity index (χ0n) is 12.9. The van der Waals surface area contributed by atoms with Crippen LogP contribution in [0, 0.1) is 24.2 Å². The Morgan fingerprint density at radius 3 is 2.63 bits per heavy atom. The van der Waals surface area contributed by atoms with Crippen LogP contribution in [0.15, 0.2) is 24.3 Å². The lowest BCUT2D eigenvalue weighted by molar-refractivity contribution is 0.113. The Balaban J connectivity index is 2.09. The van der Waals surface area contributed by atoms with E-state index in [4.69, 9.17) is 5.73 Å². The number of rotatable bonds is 3. The van der Waals surface area contributed by atoms with Crippen molar-refractivity contribution >= 4 is 0 Å². The molecule has 1 aliphatic carbocycles. The summed E-state index contributed by atoms with van der Waals surface area (Å²) in [6.07, 6.45) is 4.97. The number of hydrogen-bond donors (Lipinski definition) is 1. The van der Waals surface area contributed by atoms with Crippen molar-refractivity contribution in [2.75, 3.05) is 0 Å². The number of nitrogens with two attached hydrogens (primary N) is 1. The van der Waals surface area contributed by atoms with Crippen molar-refractivity contribution in [1.29, 1.82) is 0 Å². The van der Waals surface area contributed by atoms with Gasteiger partial charge in [-0.3, -0.25) is 0 Å². The quantitative estimate of drug-likeness (QED) is 0.859. The first-order valence-electron chi connectivity index (χ1n) is 7.69. The van der Waals surface area contributed by atoms with Crippen LogP contribution in [0.4, 0.5) is 0 Å². The third-order valence-corrected chi connectivity index (χ3v) is 4.91. The van der Waals surface area contributed by atoms with E-state index in [-0.39, 0.29) is 0 Å². The topological polar surface area (TPSA) is 26.0 Å². The Morgan fingerprint density at radius 2 is 2.00 bits per heavy atom. The lowest BCUT2D eigenvalue weighted by atomic mass is 9.64. The first kappa shape index (κ1) is 14.6. The average Bonchev–Trinajstić information content (AvgIpc) is 2.27. The molecule has 1 aromatic rings. The summed E-state index contributed by atoms with van der Waals surface area (Å²) in [7, 11) is 0. The summed E-state index contributed by atoms with van der Waals surface area (Å²) in [4.78, 5) is 0. The first-order chi connectivity index (χ1) is 8.88. The molecule has 1 aromatic carbocycles. The van der Waals surface area contributed by atoms with Crippen molar-refractivity contribution in [2.24, 2.45) is 23.0 Å². The van der Waals surface area contributed by atoms with Gasteiger partial charge in [0.2, 0.25) is 0 Å². The fourth-order valence-corrected chi connectivity index (χ4v) is 3.87. The van der Waals surface area contributed by atoms with Crippen molar-refractivity contribution in [2.45, 2.75) is 59.4 Å². The summed E-state index contributed by atoms with van der Waals surface area (Å²) < 4.78 is 0. The monoisotopic (exact) mass is 259 g/mol. The van der Waals surface area contributed by atoms with Crippen molar-refractivity contribution < 1.29 is 0 Å². The summed E-state index contributed by atoms with van der Waals surface area (Å²) in [6, 6.07) is 9.29. The summed E-state index contributed by atoms with van der Waals surface area (Å²) in [5.41, 5.74) is 9.55. The van der Waals surface area contributed by atoms with E-state index in [1.807, 2.05) is 0 Å². The van der Waals surface area contributed by atoms with Crippen molar-refractivity contribution in [1.82, 2.24) is 0 Å². The zero-order valence-corrected chi connectivity index (χ0v) is 12.9. The van der Waals surface area contributed by atoms with E-state index in [1.165, 1.54) is 30.4 Å². The maximum atomic E-state index is 6.44. The molecule has 1 nitrogen and oxygen atoms in total. The van der Waals surface area contributed by atoms with Gasteiger partial charge in [-0.15, -0.1) is 0 Å². The normalized spacial score (nSPS) is 28.4. The number of hydrogen-bond acceptors (Lipinski definition) is 1. The minimum absolute atomic E-state index is 0.299. The highest BCUT2D eigenvalue weighted by atomic mass is 14.7. The van der Waals surface area contributed by atoms with E-state index >= 15 is 0 Å². The van der Waals surface area contributed by atoms with E-state index in [0.717, 1.165) is 12.3 Å². The van der Waals surface area contributed by atoms with Gasteiger partial charge < -0.3 is 5.73 Å². The summed E-state index contributed by atoms with van der Waals surface area (Å²) in [5.74, 6) is 1.46. The second kappa shape index (κ2) is 5.66. The predicted octanol–water partition coefficient (Wildman–Crippen LogP) is 4.33. The largest absolute Gasteiger partial charge is 0.327 e. The van der Waals surface area contributed by atoms with Gasteiger partial charge in [-0.2, -0.15) is 0 Å². The van der Waals surface area contributed by atoms with Gasteiger partial charge in [0.05, 0.1) is 0 Å². The highest BCUT2D eigenvalue weighted by Crippen LogP contribution is 2.41. The van der Waals surface area contributed by atoms with Crippen LogP contribution in [-0.4, -0.2) is 6.04 Å². The first-order valence-corrected chi connectivity index (χ1v) is 7.69. The highest BCUT2D eigenvalue weighted by Gasteiger charge is 2.37. The molecule has 1 aliphatic rings. The van der Waals surface area contributed by atoms with Crippen LogP contribution in [0.25, 0.3) is 0 Å². The molecule has 0 radical (unpaired) electrons. The van der Waals surface area contributed by atoms with Crippen molar-refractivity contribution in [3.05, 3.63) is 35.4 Å². The van der Waals surface area contributed by atoms with E-state index in [1.54, 1.807) is 0 Å². The van der Waals surface area contributed by atoms with Crippen LogP contribution in [0.5, 0.6) is 0 Å². The molecule has 0 aromatic heterocycles. The molecule has 1 saturated carbocycles. The van der Waals surface area contributed by atoms with Gasteiger partial charge in [0.25, 0.3) is 0 Å². The molecule has 3 atom stereocenters. The minimum atomic E-state index is 0.299. The molecule has 3 unspecified atom stereocenters. The summed E-state index contributed by atoms with van der Waals surface area (Å²) in [5, 5.41) is 0. The van der Waals surface area contributed by atoms with Gasteiger partial charge in [0.1, 0.15) is 0 Å². The maximum Gasteiger partial charge on any atom is 0.00749 e. The van der Waals surface area contributed by atoms with Crippen LogP contribution >= 0.6 is 0 Å². The molecule has 0 spiro atoms. The lowest BCUT2D eigenvalue weighted by Crippen LogP contribution is -2.44. The third-order valence-electron chi connectivity index (χ3n) is 4.91. The van der Waals surface area contributed by atoms with E-state index in [9.17, 15) is 0 Å². The molecule has 0 amide bonds. The van der Waals surface area contributed by atoms with Crippen LogP contribution in [0.3, 0.4) is 0 Å². The van der Waals surface area contributed by atoms with E-state index in [2.05, 4.69) is 52.0 Å². The molecule has 19 heavy (non-hydrogen) atoms. The molecule has 0 aliphatic heterocycles. The van der Waals surface area contributed by atoms with Gasteiger partial charge in [-0.25, -0.2) is 0 Å². The minimum Gasteiger partial charge on any atom is -0.327 e. The SMILES string of the molecule is Cc1cccc(CC(C)(C)C2CCC(C)CC2N)c1. The Kier molecular flexibility index (Phi) is 4.35. The van der Waals surface area contributed by atoms with E-state index in [0.29, 0.717) is 17.4 Å². The van der Waals surface area contributed by atoms with Crippen LogP contribution in [-0.2, 0) is 6.42 Å². The highest BCUT2D eigenvalue weighted by molar-refractivity contribution is 5.23. The van der Waals surface area contributed by atoms with Crippen LogP contribution in [0.1, 0.15) is 51.2 Å². The van der Waals surface area contributed by atoms with Crippen molar-refractivity contribution in [3.63, 3.8) is 0 Å². The predicted molar refractivity (Wildman–Crippen MR) is 83.1 cm³/mol. The molecule has 1 heteroatoms. The lowest BCUT2D eigenvalue weighted by Gasteiger charge is -2.43. The second-order valence-electron chi connectivity index (χ2n) is 7.34. The average molecular weight is 259 g/mol. The molecule has 1 fully saturated rings. The van der Waals surface area contributed by atoms with Gasteiger partial charge in [0, 0.05) is 6.04 Å². The summed E-state index contributed by atoms with van der Waals surface area (Å²) >= 11 is 0. The fraction of sp³-hybridized carbons (Fsp3) is 0.667. The maximum absolute atomic E-state index is 6.44. The Hall–Kier alpha value is -0.820. The van der Waals surface area contributed by atoms with Gasteiger partial charge in [0.15, 0.2) is 0 Å². The van der Waals surface area contributed by atoms with Gasteiger partial charge >= 0.3 is 0 Å². The van der Waals surface area contributed by atoms with E-state index < -0.39 is 0 Å². The van der Waals surface area contributed by atoms with Crippen LogP contribution < -0.4 is 5.73 Å². The molecular weight excluding hydrogens is 230 g/mol. The number of aryl methyl sites for hydroxylation is 1. The van der Waals surface area contributed by atoms with Crippen LogP contribution in [0.2, 0.25) is 0 Å². The second-order valence-corrected chi connectivity index (χ2v) is 7.34. The van der Waals surface area contributed by atoms with Gasteiger partial charge in [-0.05, 0) is 49.0 Å². The summed E-state index contributed by atoms with van der Waals surface area (Å²) in [6.45, 7) is 9.31. The molecular formula is C18H29N. The fourth-order valence-electron chi connectivity index (χ4n) is 3.87. The molecule has 0 saturated heterocycles. The number of benzene rings is 1. The Labute approximate surface area is 118 Å². The molecule has 2 N–H and O–H groups in total. The third kappa shape index (κ3) is 3.60. The molecule has 0 bridgehead atoms. The van der Waals surface area contributed by atoms with Crippen molar-refractivity contribution in [3.8, 4) is 0 Å². The zero-order chi connectivity index (χ0) is 14.0. The van der Waals surface area contributed by atoms with Gasteiger partial charge in [-0.1, -0.05) is 57.0 Å². The molecule has 2 rings (SSSR count). The smallest absolute Gasteiger partial charge is 0.00749 e. The Morgan fingerprint density at radius 1 is 1.26 bits per heavy atom. The molecule has 106 valence electrons. The standard InChI is InChI=1S/C18H29N/c1-13-6-5-7-15(10-13)12-18(3,4)16-9-8-14(2)11-17(16)19/h5-7,10,14,16-17H,8-9,11-12,19H2,1-4H3. The molecule has 0 heterocycles.